The molecule has 0 N–H and O–H groups in total. The highest BCUT2D eigenvalue weighted by atomic mass is 19.3. The van der Waals surface area contributed by atoms with E-state index >= 15 is 0 Å². The van der Waals surface area contributed by atoms with E-state index in [9.17, 15) is 13.6 Å². The van der Waals surface area contributed by atoms with E-state index in [0.717, 1.165) is 11.1 Å². The predicted molar refractivity (Wildman–Crippen MR) is 118 cm³/mol. The average Bonchev–Trinajstić information content (AvgIpc) is 3.28. The summed E-state index contributed by atoms with van der Waals surface area (Å²) in [6, 6.07) is 14.8. The number of alkyl halides is 2. The van der Waals surface area contributed by atoms with Crippen LogP contribution in [0.5, 0.6) is 5.75 Å². The minimum atomic E-state index is -2.84. The molecule has 0 spiro atoms. The van der Waals surface area contributed by atoms with Gasteiger partial charge in [0.15, 0.2) is 0 Å². The van der Waals surface area contributed by atoms with Gasteiger partial charge < -0.3 is 18.9 Å². The number of fused-ring (bicyclic) bond motifs is 1. The Morgan fingerprint density at radius 3 is 2.62 bits per heavy atom. The van der Waals surface area contributed by atoms with E-state index in [1.165, 1.54) is 0 Å². The Bertz CT molecular complexity index is 1160. The van der Waals surface area contributed by atoms with Gasteiger partial charge in [-0.05, 0) is 24.5 Å². The first-order chi connectivity index (χ1) is 16.4. The molecule has 34 heavy (non-hydrogen) atoms. The summed E-state index contributed by atoms with van der Waals surface area (Å²) in [5, 5.41) is 3.66. The molecule has 1 amide bonds. The van der Waals surface area contributed by atoms with Crippen LogP contribution in [-0.4, -0.2) is 40.8 Å². The largest absolute Gasteiger partial charge is 0.491 e. The number of carbonyl (C=O) groups is 1. The quantitative estimate of drug-likeness (QED) is 0.538. The lowest BCUT2D eigenvalue weighted by molar-refractivity contribution is -0.150. The maximum Gasteiger partial charge on any atom is 0.315 e. The SMILES string of the molecule is CC1(C(=O)N2Cc3ccc(-c4noc(C(F)F)n4)cc3OC[C@@H]2c2ccccc2)CCOCC1. The lowest BCUT2D eigenvalue weighted by atomic mass is 9.80. The monoisotopic (exact) mass is 469 g/mol. The van der Waals surface area contributed by atoms with Crippen molar-refractivity contribution in [2.75, 3.05) is 19.8 Å². The fourth-order valence-corrected chi connectivity index (χ4v) is 4.50. The van der Waals surface area contributed by atoms with Gasteiger partial charge in [0.05, 0.1) is 18.0 Å². The van der Waals surface area contributed by atoms with Gasteiger partial charge in [-0.3, -0.25) is 4.79 Å². The number of hydrogen-bond donors (Lipinski definition) is 0. The van der Waals surface area contributed by atoms with Crippen molar-refractivity contribution in [2.24, 2.45) is 5.41 Å². The average molecular weight is 469 g/mol. The molecule has 0 bridgehead atoms. The minimum Gasteiger partial charge on any atom is -0.491 e. The predicted octanol–water partition coefficient (Wildman–Crippen LogP) is 4.95. The number of amides is 1. The molecule has 1 fully saturated rings. The maximum atomic E-state index is 13.9. The first-order valence-corrected chi connectivity index (χ1v) is 11.3. The highest BCUT2D eigenvalue weighted by Crippen LogP contribution is 2.39. The lowest BCUT2D eigenvalue weighted by Gasteiger charge is -2.39. The van der Waals surface area contributed by atoms with Crippen molar-refractivity contribution in [1.82, 2.24) is 15.0 Å². The van der Waals surface area contributed by atoms with E-state index in [1.807, 2.05) is 48.2 Å². The number of nitrogens with zero attached hydrogens (tertiary/aromatic N) is 3. The number of halogens is 2. The van der Waals surface area contributed by atoms with Crippen LogP contribution in [0.2, 0.25) is 0 Å². The number of hydrogen-bond acceptors (Lipinski definition) is 6. The van der Waals surface area contributed by atoms with Gasteiger partial charge in [-0.15, -0.1) is 0 Å². The zero-order valence-electron chi connectivity index (χ0n) is 18.7. The van der Waals surface area contributed by atoms with Crippen LogP contribution in [0.1, 0.15) is 49.3 Å². The summed E-state index contributed by atoms with van der Waals surface area (Å²) in [5.41, 5.74) is 1.80. The van der Waals surface area contributed by atoms with Gasteiger partial charge in [0, 0.05) is 24.3 Å². The van der Waals surface area contributed by atoms with E-state index in [-0.39, 0.29) is 24.4 Å². The molecule has 2 aromatic carbocycles. The fourth-order valence-electron chi connectivity index (χ4n) is 4.50. The van der Waals surface area contributed by atoms with Crippen molar-refractivity contribution < 1.29 is 27.6 Å². The number of rotatable bonds is 4. The Hall–Kier alpha value is -3.33. The van der Waals surface area contributed by atoms with Gasteiger partial charge in [-0.1, -0.05) is 54.5 Å². The van der Waals surface area contributed by atoms with E-state index in [4.69, 9.17) is 9.47 Å². The third kappa shape index (κ3) is 4.27. The lowest BCUT2D eigenvalue weighted by Crippen LogP contribution is -2.47. The molecular formula is C25H25F2N3O4. The first-order valence-electron chi connectivity index (χ1n) is 11.3. The Morgan fingerprint density at radius 1 is 1.15 bits per heavy atom. The van der Waals surface area contributed by atoms with Crippen LogP contribution < -0.4 is 4.74 Å². The van der Waals surface area contributed by atoms with E-state index < -0.39 is 17.7 Å². The molecule has 9 heteroatoms. The molecule has 178 valence electrons. The molecule has 0 saturated carbocycles. The molecular weight excluding hydrogens is 444 g/mol. The molecule has 2 aliphatic heterocycles. The van der Waals surface area contributed by atoms with E-state index in [2.05, 4.69) is 14.7 Å². The normalized spacial score (nSPS) is 19.9. The topological polar surface area (TPSA) is 77.7 Å². The summed E-state index contributed by atoms with van der Waals surface area (Å²) in [6.07, 6.45) is -1.50. The van der Waals surface area contributed by atoms with Gasteiger partial charge in [-0.25, -0.2) is 0 Å². The minimum absolute atomic E-state index is 0.0632. The Morgan fingerprint density at radius 2 is 1.91 bits per heavy atom. The second-order valence-corrected chi connectivity index (χ2v) is 8.92. The zero-order valence-corrected chi connectivity index (χ0v) is 18.7. The molecule has 1 aromatic heterocycles. The second kappa shape index (κ2) is 9.13. The summed E-state index contributed by atoms with van der Waals surface area (Å²) < 4.78 is 42.0. The standard InChI is InChI=1S/C25H25F2N3O4/c1-25(9-11-32-12-10-25)24(31)30-14-18-8-7-17(22-28-23(21(26)27)34-29-22)13-20(18)33-15-19(30)16-5-3-2-4-6-16/h2-8,13,19,21H,9-12,14-15H2,1H3/t19-/m1/s1. The summed E-state index contributed by atoms with van der Waals surface area (Å²) in [5.74, 6) is -0.0242. The van der Waals surface area contributed by atoms with Crippen molar-refractivity contribution in [3.05, 3.63) is 65.5 Å². The van der Waals surface area contributed by atoms with Gasteiger partial charge in [0.1, 0.15) is 12.4 Å². The maximum absolute atomic E-state index is 13.9. The van der Waals surface area contributed by atoms with Crippen molar-refractivity contribution in [1.29, 1.82) is 0 Å². The van der Waals surface area contributed by atoms with Gasteiger partial charge in [-0.2, -0.15) is 13.8 Å². The molecule has 2 aliphatic rings. The summed E-state index contributed by atoms with van der Waals surface area (Å²) >= 11 is 0. The van der Waals surface area contributed by atoms with Crippen molar-refractivity contribution in [2.45, 2.75) is 38.8 Å². The smallest absolute Gasteiger partial charge is 0.315 e. The van der Waals surface area contributed by atoms with Crippen molar-refractivity contribution >= 4 is 5.91 Å². The molecule has 3 heterocycles. The van der Waals surface area contributed by atoms with Crippen LogP contribution in [-0.2, 0) is 16.1 Å². The van der Waals surface area contributed by atoms with E-state index in [1.54, 1.807) is 12.1 Å². The molecule has 7 nitrogen and oxygen atoms in total. The van der Waals surface area contributed by atoms with Crippen LogP contribution in [0.15, 0.2) is 53.1 Å². The Kier molecular flexibility index (Phi) is 6.03. The summed E-state index contributed by atoms with van der Waals surface area (Å²) in [4.78, 5) is 19.6. The van der Waals surface area contributed by atoms with Crippen molar-refractivity contribution in [3.63, 3.8) is 0 Å². The number of aromatic nitrogens is 2. The van der Waals surface area contributed by atoms with E-state index in [0.29, 0.717) is 43.9 Å². The molecule has 1 atom stereocenters. The van der Waals surface area contributed by atoms with Gasteiger partial charge in [0.25, 0.3) is 5.89 Å². The fraction of sp³-hybridized carbons (Fsp3) is 0.400. The van der Waals surface area contributed by atoms with Crippen molar-refractivity contribution in [3.8, 4) is 17.1 Å². The molecule has 0 radical (unpaired) electrons. The first kappa shape index (κ1) is 22.5. The molecule has 5 rings (SSSR count). The number of benzene rings is 2. The molecule has 3 aromatic rings. The van der Waals surface area contributed by atoms with Crippen LogP contribution in [0.3, 0.4) is 0 Å². The van der Waals surface area contributed by atoms with Crippen LogP contribution in [0.25, 0.3) is 11.4 Å². The highest BCUT2D eigenvalue weighted by molar-refractivity contribution is 5.83. The number of carbonyl (C=O) groups excluding carboxylic acids is 1. The zero-order chi connectivity index (χ0) is 23.7. The summed E-state index contributed by atoms with van der Waals surface area (Å²) in [7, 11) is 0. The molecule has 1 saturated heterocycles. The Labute approximate surface area is 195 Å². The third-order valence-corrected chi connectivity index (χ3v) is 6.63. The third-order valence-electron chi connectivity index (χ3n) is 6.63. The van der Waals surface area contributed by atoms with Gasteiger partial charge in [0.2, 0.25) is 11.7 Å². The highest BCUT2D eigenvalue weighted by Gasteiger charge is 2.42. The van der Waals surface area contributed by atoms with Crippen LogP contribution >= 0.6 is 0 Å². The Balaban J connectivity index is 1.49. The second-order valence-electron chi connectivity index (χ2n) is 8.92. The summed E-state index contributed by atoms with van der Waals surface area (Å²) in [6.45, 7) is 3.75. The van der Waals surface area contributed by atoms with Gasteiger partial charge >= 0.3 is 6.43 Å². The van der Waals surface area contributed by atoms with Crippen LogP contribution in [0, 0.1) is 5.41 Å². The molecule has 0 aliphatic carbocycles. The molecule has 0 unspecified atom stereocenters. The number of ether oxygens (including phenoxy) is 2. The van der Waals surface area contributed by atoms with Crippen LogP contribution in [0.4, 0.5) is 8.78 Å².